The summed E-state index contributed by atoms with van der Waals surface area (Å²) < 4.78 is 0. The molecule has 0 atom stereocenters. The summed E-state index contributed by atoms with van der Waals surface area (Å²) in [4.78, 5) is 13.5. The fourth-order valence-corrected chi connectivity index (χ4v) is 3.45. The Morgan fingerprint density at radius 2 is 1.63 bits per heavy atom. The van der Waals surface area contributed by atoms with E-state index >= 15 is 0 Å². The molecule has 0 aromatic carbocycles. The molecule has 3 aromatic heterocycles. The lowest BCUT2D eigenvalue weighted by Crippen LogP contribution is -2.01. The Bertz CT molecular complexity index is 869. The van der Waals surface area contributed by atoms with Crippen LogP contribution in [0.3, 0.4) is 0 Å². The Kier molecular flexibility index (Phi) is 6.69. The molecule has 0 radical (unpaired) electrons. The quantitative estimate of drug-likeness (QED) is 0.567. The molecule has 27 heavy (non-hydrogen) atoms. The van der Waals surface area contributed by atoms with Gasteiger partial charge in [-0.3, -0.25) is 15.0 Å². The standard InChI is InChI=1S/C24H29N3/c1-4-24-19(3)21(13-15-26-24)9-11-23-16-20(12-14-25-23)6-5-7-22-10-8-18(2)17-27-22/h8,10,12-17H,4-7,9,11H2,1-3H3. The van der Waals surface area contributed by atoms with Gasteiger partial charge in [0.1, 0.15) is 0 Å². The second-order valence-corrected chi connectivity index (χ2v) is 7.23. The van der Waals surface area contributed by atoms with E-state index in [-0.39, 0.29) is 0 Å². The number of hydrogen-bond acceptors (Lipinski definition) is 3. The Morgan fingerprint density at radius 3 is 2.41 bits per heavy atom. The summed E-state index contributed by atoms with van der Waals surface area (Å²) in [6.45, 7) is 6.42. The number of aryl methyl sites for hydroxylation is 6. The van der Waals surface area contributed by atoms with Crippen molar-refractivity contribution >= 4 is 0 Å². The molecular formula is C24H29N3. The third kappa shape index (κ3) is 5.46. The zero-order valence-corrected chi connectivity index (χ0v) is 16.7. The molecule has 3 heteroatoms. The second-order valence-electron chi connectivity index (χ2n) is 7.23. The van der Waals surface area contributed by atoms with Gasteiger partial charge in [-0.2, -0.15) is 0 Å². The first kappa shape index (κ1) is 19.2. The van der Waals surface area contributed by atoms with E-state index < -0.39 is 0 Å². The highest BCUT2D eigenvalue weighted by atomic mass is 14.7. The lowest BCUT2D eigenvalue weighted by molar-refractivity contribution is 0.792. The van der Waals surface area contributed by atoms with Crippen LogP contribution in [-0.4, -0.2) is 15.0 Å². The molecular weight excluding hydrogens is 330 g/mol. The number of pyridine rings is 3. The monoisotopic (exact) mass is 359 g/mol. The first-order valence-electron chi connectivity index (χ1n) is 9.94. The highest BCUT2D eigenvalue weighted by Crippen LogP contribution is 2.15. The van der Waals surface area contributed by atoms with E-state index in [1.165, 1.54) is 39.3 Å². The number of rotatable bonds is 8. The third-order valence-corrected chi connectivity index (χ3v) is 5.16. The zero-order chi connectivity index (χ0) is 19.1. The van der Waals surface area contributed by atoms with E-state index in [4.69, 9.17) is 0 Å². The van der Waals surface area contributed by atoms with Crippen LogP contribution in [0.25, 0.3) is 0 Å². The van der Waals surface area contributed by atoms with Gasteiger partial charge >= 0.3 is 0 Å². The van der Waals surface area contributed by atoms with Gasteiger partial charge in [-0.15, -0.1) is 0 Å². The van der Waals surface area contributed by atoms with Crippen molar-refractivity contribution in [2.75, 3.05) is 0 Å². The summed E-state index contributed by atoms with van der Waals surface area (Å²) in [6, 6.07) is 10.8. The molecule has 0 aliphatic rings. The van der Waals surface area contributed by atoms with Gasteiger partial charge in [-0.05, 0) is 98.9 Å². The molecule has 0 aliphatic carbocycles. The Morgan fingerprint density at radius 1 is 0.778 bits per heavy atom. The SMILES string of the molecule is CCc1nccc(CCc2cc(CCCc3ccc(C)cn3)ccn2)c1C. The Balaban J connectivity index is 1.55. The zero-order valence-electron chi connectivity index (χ0n) is 16.7. The highest BCUT2D eigenvalue weighted by molar-refractivity contribution is 5.29. The summed E-state index contributed by atoms with van der Waals surface area (Å²) in [5.41, 5.74) is 8.87. The van der Waals surface area contributed by atoms with Crippen LogP contribution in [0.1, 0.15) is 52.7 Å². The fraction of sp³-hybridized carbons (Fsp3) is 0.375. The van der Waals surface area contributed by atoms with Crippen molar-refractivity contribution < 1.29 is 0 Å². The van der Waals surface area contributed by atoms with Crippen molar-refractivity contribution in [3.8, 4) is 0 Å². The summed E-state index contributed by atoms with van der Waals surface area (Å²) in [7, 11) is 0. The van der Waals surface area contributed by atoms with E-state index in [1.807, 2.05) is 18.6 Å². The van der Waals surface area contributed by atoms with Gasteiger partial charge in [0, 0.05) is 35.7 Å². The maximum Gasteiger partial charge on any atom is 0.0432 e. The van der Waals surface area contributed by atoms with Crippen molar-refractivity contribution in [3.05, 3.63) is 88.3 Å². The minimum absolute atomic E-state index is 0.974. The topological polar surface area (TPSA) is 38.7 Å². The van der Waals surface area contributed by atoms with Crippen LogP contribution in [0.2, 0.25) is 0 Å². The molecule has 0 bridgehead atoms. The van der Waals surface area contributed by atoms with E-state index in [9.17, 15) is 0 Å². The minimum Gasteiger partial charge on any atom is -0.261 e. The van der Waals surface area contributed by atoms with Crippen LogP contribution >= 0.6 is 0 Å². The minimum atomic E-state index is 0.974. The molecule has 0 unspecified atom stereocenters. The second kappa shape index (κ2) is 9.40. The highest BCUT2D eigenvalue weighted by Gasteiger charge is 2.06. The molecule has 3 aromatic rings. The van der Waals surface area contributed by atoms with E-state index in [0.29, 0.717) is 0 Å². The van der Waals surface area contributed by atoms with E-state index in [2.05, 4.69) is 66.1 Å². The Hall–Kier alpha value is -2.55. The molecule has 3 nitrogen and oxygen atoms in total. The van der Waals surface area contributed by atoms with Crippen molar-refractivity contribution in [1.82, 2.24) is 15.0 Å². The van der Waals surface area contributed by atoms with E-state index in [0.717, 1.165) is 38.5 Å². The van der Waals surface area contributed by atoms with Crippen molar-refractivity contribution in [1.29, 1.82) is 0 Å². The van der Waals surface area contributed by atoms with Crippen molar-refractivity contribution in [3.63, 3.8) is 0 Å². The molecule has 0 fully saturated rings. The number of nitrogens with zero attached hydrogens (tertiary/aromatic N) is 3. The first-order chi connectivity index (χ1) is 13.2. The van der Waals surface area contributed by atoms with Gasteiger partial charge < -0.3 is 0 Å². The molecule has 0 spiro atoms. The largest absolute Gasteiger partial charge is 0.261 e. The van der Waals surface area contributed by atoms with Gasteiger partial charge in [-0.1, -0.05) is 13.0 Å². The van der Waals surface area contributed by atoms with Gasteiger partial charge in [0.05, 0.1) is 0 Å². The van der Waals surface area contributed by atoms with Crippen molar-refractivity contribution in [2.24, 2.45) is 0 Å². The summed E-state index contributed by atoms with van der Waals surface area (Å²) in [5.74, 6) is 0. The Labute approximate surface area is 162 Å². The van der Waals surface area contributed by atoms with E-state index in [1.54, 1.807) is 0 Å². The smallest absolute Gasteiger partial charge is 0.0432 e. The predicted octanol–water partition coefficient (Wildman–Crippen LogP) is 5.01. The van der Waals surface area contributed by atoms with Crippen molar-refractivity contribution in [2.45, 2.75) is 59.3 Å². The van der Waals surface area contributed by atoms with Crippen LogP contribution in [0.15, 0.2) is 48.9 Å². The molecule has 3 heterocycles. The maximum absolute atomic E-state index is 4.57. The number of hydrogen-bond donors (Lipinski definition) is 0. The summed E-state index contributed by atoms with van der Waals surface area (Å²) in [6.07, 6.45) is 12.0. The average Bonchev–Trinajstić information content (AvgIpc) is 2.69. The molecule has 140 valence electrons. The molecule has 3 rings (SSSR count). The first-order valence-corrected chi connectivity index (χ1v) is 9.94. The van der Waals surface area contributed by atoms with Crippen LogP contribution in [-0.2, 0) is 32.1 Å². The predicted molar refractivity (Wildman–Crippen MR) is 111 cm³/mol. The van der Waals surface area contributed by atoms with Crippen LogP contribution in [0, 0.1) is 13.8 Å². The summed E-state index contributed by atoms with van der Waals surface area (Å²) >= 11 is 0. The average molecular weight is 360 g/mol. The van der Waals surface area contributed by atoms with Crippen LogP contribution in [0.4, 0.5) is 0 Å². The molecule has 0 amide bonds. The molecule has 0 saturated heterocycles. The summed E-state index contributed by atoms with van der Waals surface area (Å²) in [5, 5.41) is 0. The number of aromatic nitrogens is 3. The van der Waals surface area contributed by atoms with Gasteiger partial charge in [0.15, 0.2) is 0 Å². The van der Waals surface area contributed by atoms with Crippen LogP contribution < -0.4 is 0 Å². The van der Waals surface area contributed by atoms with Crippen LogP contribution in [0.5, 0.6) is 0 Å². The molecule has 0 N–H and O–H groups in total. The molecule has 0 saturated carbocycles. The fourth-order valence-electron chi connectivity index (χ4n) is 3.45. The van der Waals surface area contributed by atoms with Gasteiger partial charge in [0.25, 0.3) is 0 Å². The normalized spacial score (nSPS) is 10.9. The maximum atomic E-state index is 4.57. The lowest BCUT2D eigenvalue weighted by Gasteiger charge is -2.09. The van der Waals surface area contributed by atoms with Gasteiger partial charge in [0.2, 0.25) is 0 Å². The lowest BCUT2D eigenvalue weighted by atomic mass is 10.00. The third-order valence-electron chi connectivity index (χ3n) is 5.16. The molecule has 0 aliphatic heterocycles. The van der Waals surface area contributed by atoms with Gasteiger partial charge in [-0.25, -0.2) is 0 Å².